The van der Waals surface area contributed by atoms with Crippen LogP contribution in [0.5, 0.6) is 0 Å². The van der Waals surface area contributed by atoms with Crippen molar-refractivity contribution in [2.45, 2.75) is 66.0 Å². The Bertz CT molecular complexity index is 1030. The van der Waals surface area contributed by atoms with E-state index in [0.717, 1.165) is 10.2 Å². The monoisotopic (exact) mass is 490 g/mol. The molecule has 0 bridgehead atoms. The summed E-state index contributed by atoms with van der Waals surface area (Å²) in [6, 6.07) is 7.22. The number of carbonyl (C=O) groups is 3. The molecule has 2 N–H and O–H groups in total. The van der Waals surface area contributed by atoms with Crippen LogP contribution in [-0.2, 0) is 27.6 Å². The maximum atomic E-state index is 13.1. The first-order valence-electron chi connectivity index (χ1n) is 11.5. The van der Waals surface area contributed by atoms with Gasteiger partial charge in [-0.15, -0.1) is 5.10 Å². The highest BCUT2D eigenvalue weighted by atomic mass is 16.5. The number of Topliss-reactive ketones (excluding diaryl/α,β-unsaturated/α-hetero) is 1. The van der Waals surface area contributed by atoms with E-state index in [1.807, 2.05) is 58.0 Å². The zero-order valence-electron chi connectivity index (χ0n) is 20.8. The van der Waals surface area contributed by atoms with Gasteiger partial charge in [0.05, 0.1) is 6.04 Å². The minimum atomic E-state index is -1.01. The van der Waals surface area contributed by atoms with Crippen LogP contribution in [0.4, 0.5) is 4.79 Å². The average molecular weight is 491 g/mol. The summed E-state index contributed by atoms with van der Waals surface area (Å²) in [5.74, 6) is -2.35. The van der Waals surface area contributed by atoms with Crippen molar-refractivity contribution in [3.63, 3.8) is 0 Å². The van der Waals surface area contributed by atoms with Crippen LogP contribution in [0.1, 0.15) is 56.8 Å². The first kappa shape index (κ1) is 27.8. The summed E-state index contributed by atoms with van der Waals surface area (Å²) >= 11 is 0. The Hall–Kier alpha value is -3.47. The summed E-state index contributed by atoms with van der Waals surface area (Å²) in [5, 5.41) is 9.13. The van der Waals surface area contributed by atoms with Gasteiger partial charge in [0.1, 0.15) is 19.4 Å². The average Bonchev–Trinajstić information content (AvgIpc) is 3.17. The zero-order valence-corrected chi connectivity index (χ0v) is 20.8. The lowest BCUT2D eigenvalue weighted by Gasteiger charge is -2.24. The third-order valence-electron chi connectivity index (χ3n) is 4.94. The molecule has 0 saturated carbocycles. The number of nitrogens with one attached hydrogen (secondary N) is 2. The van der Waals surface area contributed by atoms with E-state index in [0.29, 0.717) is 6.42 Å². The van der Waals surface area contributed by atoms with Crippen LogP contribution in [0, 0.1) is 11.8 Å². The lowest BCUT2D eigenvalue weighted by Crippen LogP contribution is -2.52. The van der Waals surface area contributed by atoms with Crippen LogP contribution in [0.3, 0.4) is 0 Å². The summed E-state index contributed by atoms with van der Waals surface area (Å²) in [5.41, 5.74) is 0.810. The Morgan fingerprint density at radius 1 is 1.00 bits per heavy atom. The van der Waals surface area contributed by atoms with Gasteiger partial charge in [0, 0.05) is 7.11 Å². The highest BCUT2D eigenvalue weighted by Gasteiger charge is 2.31. The highest BCUT2D eigenvalue weighted by molar-refractivity contribution is 5.99. The maximum Gasteiger partial charge on any atom is 0.439 e. The first-order valence-corrected chi connectivity index (χ1v) is 11.5. The van der Waals surface area contributed by atoms with Crippen molar-refractivity contribution in [3.8, 4) is 0 Å². The standard InChI is InChI=1S/C24H34N4O7/c1-15(2)11-18(20(29)22-27-28(14-33-5)24(32)35-22)25-21(30)19(12-16(3)4)26-23(31)34-13-17-9-7-6-8-10-17/h6-10,15-16,18-19H,11-14H2,1-5H3,(H,25,30)(H,26,31)/t18-,19-/m0/s1. The maximum absolute atomic E-state index is 13.1. The van der Waals surface area contributed by atoms with Crippen molar-refractivity contribution in [2.75, 3.05) is 7.11 Å². The molecule has 0 aliphatic carbocycles. The van der Waals surface area contributed by atoms with Crippen molar-refractivity contribution in [1.82, 2.24) is 20.4 Å². The number of amides is 2. The number of carbonyl (C=O) groups excluding carboxylic acids is 3. The molecular formula is C24H34N4O7. The van der Waals surface area contributed by atoms with Crippen LogP contribution in [0.25, 0.3) is 0 Å². The number of benzene rings is 1. The fraction of sp³-hybridized carbons (Fsp3) is 0.542. The Morgan fingerprint density at radius 2 is 1.63 bits per heavy atom. The van der Waals surface area contributed by atoms with Gasteiger partial charge < -0.3 is 24.5 Å². The lowest BCUT2D eigenvalue weighted by atomic mass is 9.98. The van der Waals surface area contributed by atoms with Gasteiger partial charge in [-0.3, -0.25) is 9.59 Å². The van der Waals surface area contributed by atoms with Crippen LogP contribution >= 0.6 is 0 Å². The summed E-state index contributed by atoms with van der Waals surface area (Å²) in [7, 11) is 1.37. The molecule has 192 valence electrons. The molecule has 0 aliphatic heterocycles. The first-order chi connectivity index (χ1) is 16.6. The summed E-state index contributed by atoms with van der Waals surface area (Å²) < 4.78 is 15.9. The molecule has 11 nitrogen and oxygen atoms in total. The molecule has 2 rings (SSSR count). The minimum Gasteiger partial charge on any atom is -0.445 e. The number of ether oxygens (including phenoxy) is 2. The molecule has 0 fully saturated rings. The van der Waals surface area contributed by atoms with E-state index >= 15 is 0 Å². The lowest BCUT2D eigenvalue weighted by molar-refractivity contribution is -0.124. The molecule has 2 atom stereocenters. The number of alkyl carbamates (subject to hydrolysis) is 1. The molecule has 2 amide bonds. The number of hydrogen-bond donors (Lipinski definition) is 2. The van der Waals surface area contributed by atoms with Crippen LogP contribution in [-0.4, -0.2) is 46.8 Å². The normalized spacial score (nSPS) is 12.9. The van der Waals surface area contributed by atoms with E-state index in [-0.39, 0.29) is 31.6 Å². The van der Waals surface area contributed by atoms with Crippen LogP contribution in [0.15, 0.2) is 39.5 Å². The van der Waals surface area contributed by atoms with Crippen molar-refractivity contribution in [1.29, 1.82) is 0 Å². The van der Waals surface area contributed by atoms with Gasteiger partial charge in [-0.25, -0.2) is 9.59 Å². The number of aromatic nitrogens is 2. The van der Waals surface area contributed by atoms with Gasteiger partial charge >= 0.3 is 11.8 Å². The Morgan fingerprint density at radius 3 is 2.23 bits per heavy atom. The predicted molar refractivity (Wildman–Crippen MR) is 126 cm³/mol. The molecule has 35 heavy (non-hydrogen) atoms. The van der Waals surface area contributed by atoms with Crippen LogP contribution < -0.4 is 16.4 Å². The van der Waals surface area contributed by atoms with E-state index < -0.39 is 41.5 Å². The van der Waals surface area contributed by atoms with Crippen LogP contribution in [0.2, 0.25) is 0 Å². The van der Waals surface area contributed by atoms with Gasteiger partial charge in [-0.05, 0) is 30.2 Å². The number of rotatable bonds is 13. The number of nitrogens with zero attached hydrogens (tertiary/aromatic N) is 2. The number of ketones is 1. The molecule has 1 aromatic heterocycles. The molecule has 0 aliphatic rings. The molecule has 0 radical (unpaired) electrons. The van der Waals surface area contributed by atoms with Crippen molar-refractivity contribution in [3.05, 3.63) is 52.3 Å². The summed E-state index contributed by atoms with van der Waals surface area (Å²) in [4.78, 5) is 50.4. The molecule has 1 heterocycles. The minimum absolute atomic E-state index is 0.0318. The molecular weight excluding hydrogens is 456 g/mol. The second-order valence-corrected chi connectivity index (χ2v) is 9.03. The number of methoxy groups -OCH3 is 1. The Labute approximate surface area is 204 Å². The highest BCUT2D eigenvalue weighted by Crippen LogP contribution is 2.12. The van der Waals surface area contributed by atoms with Crippen molar-refractivity contribution in [2.24, 2.45) is 11.8 Å². The molecule has 2 aromatic rings. The summed E-state index contributed by atoms with van der Waals surface area (Å²) in [6.07, 6.45) is -0.143. The Balaban J connectivity index is 2.12. The van der Waals surface area contributed by atoms with Gasteiger partial charge in [0.15, 0.2) is 0 Å². The third-order valence-corrected chi connectivity index (χ3v) is 4.94. The molecule has 0 saturated heterocycles. The van der Waals surface area contributed by atoms with E-state index in [4.69, 9.17) is 13.9 Å². The van der Waals surface area contributed by atoms with Crippen molar-refractivity contribution < 1.29 is 28.3 Å². The topological polar surface area (TPSA) is 142 Å². The van der Waals surface area contributed by atoms with E-state index in [1.54, 1.807) is 0 Å². The molecule has 0 spiro atoms. The smallest absolute Gasteiger partial charge is 0.439 e. The fourth-order valence-electron chi connectivity index (χ4n) is 3.34. The fourth-order valence-corrected chi connectivity index (χ4v) is 3.34. The van der Waals surface area contributed by atoms with Gasteiger partial charge in [0.2, 0.25) is 11.7 Å². The second kappa shape index (κ2) is 13.4. The summed E-state index contributed by atoms with van der Waals surface area (Å²) in [6.45, 7) is 7.46. The SMILES string of the molecule is COCn1nc(C(=O)[C@H](CC(C)C)NC(=O)[C@H](CC(C)C)NC(=O)OCc2ccccc2)oc1=O. The van der Waals surface area contributed by atoms with Gasteiger partial charge in [-0.2, -0.15) is 4.68 Å². The predicted octanol–water partition coefficient (Wildman–Crippen LogP) is 2.49. The van der Waals surface area contributed by atoms with E-state index in [2.05, 4.69) is 15.7 Å². The van der Waals surface area contributed by atoms with Crippen molar-refractivity contribution >= 4 is 17.8 Å². The quantitative estimate of drug-likeness (QED) is 0.408. The van der Waals surface area contributed by atoms with Gasteiger partial charge in [-0.1, -0.05) is 58.0 Å². The largest absolute Gasteiger partial charge is 0.445 e. The number of hydrogen-bond acceptors (Lipinski definition) is 8. The molecule has 1 aromatic carbocycles. The molecule has 0 unspecified atom stereocenters. The zero-order chi connectivity index (χ0) is 26.0. The molecule has 11 heteroatoms. The van der Waals surface area contributed by atoms with E-state index in [9.17, 15) is 19.2 Å². The van der Waals surface area contributed by atoms with E-state index in [1.165, 1.54) is 7.11 Å². The van der Waals surface area contributed by atoms with Gasteiger partial charge in [0.25, 0.3) is 5.89 Å². The third kappa shape index (κ3) is 9.01. The second-order valence-electron chi connectivity index (χ2n) is 9.03. The Kier molecular flexibility index (Phi) is 10.7.